The molecule has 0 aliphatic heterocycles. The van der Waals surface area contributed by atoms with Gasteiger partial charge in [0.15, 0.2) is 0 Å². The third-order valence-electron chi connectivity index (χ3n) is 2.80. The summed E-state index contributed by atoms with van der Waals surface area (Å²) in [6.45, 7) is 1.81. The summed E-state index contributed by atoms with van der Waals surface area (Å²) in [4.78, 5) is 23.1. The van der Waals surface area contributed by atoms with E-state index in [0.29, 0.717) is 16.7 Å². The summed E-state index contributed by atoms with van der Waals surface area (Å²) in [7, 11) is 0. The van der Waals surface area contributed by atoms with Crippen molar-refractivity contribution in [2.24, 2.45) is 0 Å². The number of fused-ring (bicyclic) bond motifs is 1. The van der Waals surface area contributed by atoms with Gasteiger partial charge >= 0.3 is 0 Å². The van der Waals surface area contributed by atoms with Gasteiger partial charge in [0.2, 0.25) is 0 Å². The Morgan fingerprint density at radius 1 is 1.17 bits per heavy atom. The first-order valence-corrected chi connectivity index (χ1v) is 5.66. The number of nitrogens with one attached hydrogen (secondary N) is 1. The van der Waals surface area contributed by atoms with Gasteiger partial charge in [0.05, 0.1) is 16.6 Å². The Morgan fingerprint density at radius 3 is 2.72 bits per heavy atom. The molecule has 4 heteroatoms. The predicted octanol–water partition coefficient (Wildman–Crippen LogP) is 2.29. The van der Waals surface area contributed by atoms with E-state index in [4.69, 9.17) is 0 Å². The zero-order valence-electron chi connectivity index (χ0n) is 9.84. The smallest absolute Gasteiger partial charge is 0.259 e. The van der Waals surface area contributed by atoms with Gasteiger partial charge in [-0.25, -0.2) is 9.97 Å². The maximum atomic E-state index is 11.9. The second-order valence-electron chi connectivity index (χ2n) is 4.09. The molecular weight excluding hydrogens is 226 g/mol. The van der Waals surface area contributed by atoms with Crippen LogP contribution in [0.5, 0.6) is 0 Å². The highest BCUT2D eigenvalue weighted by Crippen LogP contribution is 2.17. The van der Waals surface area contributed by atoms with Crippen molar-refractivity contribution in [3.8, 4) is 11.3 Å². The van der Waals surface area contributed by atoms with Crippen LogP contribution in [0.2, 0.25) is 0 Å². The first kappa shape index (κ1) is 10.7. The SMILES string of the molecule is Cc1ncc2c(=O)[nH]c(-c3ccccc3)cc2n1. The Kier molecular flexibility index (Phi) is 2.41. The Hall–Kier alpha value is -2.49. The zero-order valence-corrected chi connectivity index (χ0v) is 9.84. The molecule has 3 rings (SSSR count). The van der Waals surface area contributed by atoms with Crippen LogP contribution in [0, 0.1) is 6.92 Å². The van der Waals surface area contributed by atoms with Gasteiger partial charge in [0.25, 0.3) is 5.56 Å². The van der Waals surface area contributed by atoms with E-state index in [1.165, 1.54) is 0 Å². The van der Waals surface area contributed by atoms with Crippen molar-refractivity contribution in [3.63, 3.8) is 0 Å². The quantitative estimate of drug-likeness (QED) is 0.706. The van der Waals surface area contributed by atoms with Crippen LogP contribution in [0.4, 0.5) is 0 Å². The summed E-state index contributed by atoms with van der Waals surface area (Å²) in [5, 5.41) is 0.514. The third kappa shape index (κ3) is 1.78. The van der Waals surface area contributed by atoms with Gasteiger partial charge in [-0.15, -0.1) is 0 Å². The summed E-state index contributed by atoms with van der Waals surface area (Å²) >= 11 is 0. The number of aromatic nitrogens is 3. The van der Waals surface area contributed by atoms with Crippen LogP contribution in [0.1, 0.15) is 5.82 Å². The minimum absolute atomic E-state index is 0.161. The number of H-pyrrole nitrogens is 1. The van der Waals surface area contributed by atoms with Crippen LogP contribution in [-0.4, -0.2) is 15.0 Å². The van der Waals surface area contributed by atoms with Gasteiger partial charge in [-0.2, -0.15) is 0 Å². The number of hydrogen-bond donors (Lipinski definition) is 1. The van der Waals surface area contributed by atoms with Crippen LogP contribution in [0.25, 0.3) is 22.2 Å². The second kappa shape index (κ2) is 4.07. The number of rotatable bonds is 1. The maximum absolute atomic E-state index is 11.9. The van der Waals surface area contributed by atoms with Crippen LogP contribution in [0.15, 0.2) is 47.4 Å². The fraction of sp³-hybridized carbons (Fsp3) is 0.0714. The summed E-state index contributed by atoms with van der Waals surface area (Å²) in [5.74, 6) is 0.659. The van der Waals surface area contributed by atoms with E-state index >= 15 is 0 Å². The van der Waals surface area contributed by atoms with E-state index in [0.717, 1.165) is 11.3 Å². The summed E-state index contributed by atoms with van der Waals surface area (Å²) < 4.78 is 0. The summed E-state index contributed by atoms with van der Waals surface area (Å²) in [6, 6.07) is 11.6. The van der Waals surface area contributed by atoms with Gasteiger partial charge in [-0.3, -0.25) is 4.79 Å². The number of aryl methyl sites for hydroxylation is 1. The van der Waals surface area contributed by atoms with Crippen molar-refractivity contribution in [1.82, 2.24) is 15.0 Å². The molecule has 1 aromatic carbocycles. The second-order valence-corrected chi connectivity index (χ2v) is 4.09. The molecule has 0 amide bonds. The lowest BCUT2D eigenvalue weighted by Gasteiger charge is -2.03. The van der Waals surface area contributed by atoms with E-state index in [2.05, 4.69) is 15.0 Å². The standard InChI is InChI=1S/C14H11N3O/c1-9-15-8-11-13(16-9)7-12(17-14(11)18)10-5-3-2-4-6-10/h2-8H,1H3,(H,17,18). The molecule has 0 atom stereocenters. The average Bonchev–Trinajstić information content (AvgIpc) is 2.39. The topological polar surface area (TPSA) is 58.6 Å². The fourth-order valence-electron chi connectivity index (χ4n) is 1.91. The Labute approximate surface area is 103 Å². The first-order chi connectivity index (χ1) is 8.74. The molecule has 2 aromatic heterocycles. The van der Waals surface area contributed by atoms with Crippen molar-refractivity contribution >= 4 is 10.9 Å². The number of nitrogens with zero attached hydrogens (tertiary/aromatic N) is 2. The molecule has 0 aliphatic carbocycles. The monoisotopic (exact) mass is 237 g/mol. The van der Waals surface area contributed by atoms with Crippen LogP contribution in [-0.2, 0) is 0 Å². The van der Waals surface area contributed by atoms with Crippen LogP contribution >= 0.6 is 0 Å². The van der Waals surface area contributed by atoms with Crippen LogP contribution < -0.4 is 5.56 Å². The van der Waals surface area contributed by atoms with Gasteiger partial charge in [0.1, 0.15) is 5.82 Å². The molecule has 88 valence electrons. The van der Waals surface area contributed by atoms with Gasteiger partial charge in [-0.1, -0.05) is 30.3 Å². The Morgan fingerprint density at radius 2 is 1.94 bits per heavy atom. The number of aromatic amines is 1. The van der Waals surface area contributed by atoms with E-state index in [-0.39, 0.29) is 5.56 Å². The molecule has 0 saturated heterocycles. The Bertz CT molecular complexity index is 763. The molecular formula is C14H11N3O. The molecule has 0 bridgehead atoms. The lowest BCUT2D eigenvalue weighted by Crippen LogP contribution is -2.09. The lowest BCUT2D eigenvalue weighted by atomic mass is 10.1. The normalized spacial score (nSPS) is 10.7. The van der Waals surface area contributed by atoms with Gasteiger partial charge in [-0.05, 0) is 18.6 Å². The summed E-state index contributed by atoms with van der Waals surface area (Å²) in [5.41, 5.74) is 2.25. The molecule has 4 nitrogen and oxygen atoms in total. The fourth-order valence-corrected chi connectivity index (χ4v) is 1.91. The molecule has 0 saturated carbocycles. The van der Waals surface area contributed by atoms with E-state index in [1.807, 2.05) is 43.3 Å². The van der Waals surface area contributed by atoms with Gasteiger partial charge in [0, 0.05) is 6.20 Å². The highest BCUT2D eigenvalue weighted by molar-refractivity contribution is 5.80. The number of benzene rings is 1. The molecule has 0 unspecified atom stereocenters. The van der Waals surface area contributed by atoms with Crippen molar-refractivity contribution < 1.29 is 0 Å². The van der Waals surface area contributed by atoms with Crippen molar-refractivity contribution in [2.75, 3.05) is 0 Å². The van der Waals surface area contributed by atoms with Crippen molar-refractivity contribution in [1.29, 1.82) is 0 Å². The lowest BCUT2D eigenvalue weighted by molar-refractivity contribution is 1.08. The van der Waals surface area contributed by atoms with Crippen molar-refractivity contribution in [2.45, 2.75) is 6.92 Å². The number of pyridine rings is 1. The minimum atomic E-state index is -0.161. The maximum Gasteiger partial charge on any atom is 0.259 e. The highest BCUT2D eigenvalue weighted by Gasteiger charge is 2.05. The zero-order chi connectivity index (χ0) is 12.5. The van der Waals surface area contributed by atoms with Gasteiger partial charge < -0.3 is 4.98 Å². The van der Waals surface area contributed by atoms with E-state index in [1.54, 1.807) is 6.20 Å². The average molecular weight is 237 g/mol. The molecule has 0 fully saturated rings. The first-order valence-electron chi connectivity index (χ1n) is 5.66. The largest absolute Gasteiger partial charge is 0.321 e. The molecule has 0 aliphatic rings. The minimum Gasteiger partial charge on any atom is -0.321 e. The van der Waals surface area contributed by atoms with E-state index < -0.39 is 0 Å². The summed E-state index contributed by atoms with van der Waals surface area (Å²) in [6.07, 6.45) is 1.56. The van der Waals surface area contributed by atoms with Crippen molar-refractivity contribution in [3.05, 3.63) is 58.8 Å². The number of hydrogen-bond acceptors (Lipinski definition) is 3. The molecule has 3 aromatic rings. The predicted molar refractivity (Wildman–Crippen MR) is 70.3 cm³/mol. The molecule has 18 heavy (non-hydrogen) atoms. The highest BCUT2D eigenvalue weighted by atomic mass is 16.1. The van der Waals surface area contributed by atoms with Crippen LogP contribution in [0.3, 0.4) is 0 Å². The molecule has 2 heterocycles. The molecule has 1 N–H and O–H groups in total. The Balaban J connectivity index is 2.30. The van der Waals surface area contributed by atoms with E-state index in [9.17, 15) is 4.79 Å². The molecule has 0 radical (unpaired) electrons. The molecule has 0 spiro atoms. The third-order valence-corrected chi connectivity index (χ3v) is 2.80.